The number of carbonyl (C=O) groups excluding carboxylic acids is 1. The molecule has 5 heteroatoms. The molecule has 4 aliphatic rings. The van der Waals surface area contributed by atoms with Crippen LogP contribution in [0.4, 0.5) is 5.69 Å². The van der Waals surface area contributed by atoms with Crippen LogP contribution in [0.15, 0.2) is 42.5 Å². The molecule has 30 heavy (non-hydrogen) atoms. The minimum absolute atomic E-state index is 0.0332. The number of rotatable bonds is 3. The fourth-order valence-electron chi connectivity index (χ4n) is 5.56. The Labute approximate surface area is 177 Å². The van der Waals surface area contributed by atoms with Crippen LogP contribution < -0.4 is 10.4 Å². The number of hydrogen-bond donors (Lipinski definition) is 2. The summed E-state index contributed by atoms with van der Waals surface area (Å²) in [7, 11) is 2.06. The van der Waals surface area contributed by atoms with Crippen LogP contribution in [0.3, 0.4) is 0 Å². The van der Waals surface area contributed by atoms with Crippen LogP contribution in [0, 0.1) is 5.41 Å². The maximum Gasteiger partial charge on any atom is 0.254 e. The van der Waals surface area contributed by atoms with E-state index in [2.05, 4.69) is 59.9 Å². The number of piperidine rings is 1. The van der Waals surface area contributed by atoms with Crippen LogP contribution in [0.1, 0.15) is 49.1 Å². The number of anilines is 1. The number of hydrogen-bond acceptors (Lipinski definition) is 4. The molecule has 3 fully saturated rings. The summed E-state index contributed by atoms with van der Waals surface area (Å²) in [6.07, 6.45) is 4.63. The molecule has 1 amide bonds. The maximum absolute atomic E-state index is 12.4. The molecule has 0 unspecified atom stereocenters. The number of benzene rings is 2. The summed E-state index contributed by atoms with van der Waals surface area (Å²) in [5.74, 6) is 0.581. The summed E-state index contributed by atoms with van der Waals surface area (Å²) < 4.78 is 0. The normalized spacial score (nSPS) is 25.3. The van der Waals surface area contributed by atoms with Gasteiger partial charge in [0, 0.05) is 26.7 Å². The molecule has 0 aromatic heterocycles. The standard InChI is InChI=1S/C25H29N3O2/c1-27-22-14-19(6-7-20(22)16-26-27)17-2-4-18(5-3-17)21-15-24(21)10-12-28(13-11-24)23(29)25(30)8-9-25/h2-7,14,21,26,30H,8-13,15-16H2,1H3/t21-/m0/s1. The van der Waals surface area contributed by atoms with Gasteiger partial charge in [-0.05, 0) is 71.8 Å². The summed E-state index contributed by atoms with van der Waals surface area (Å²) in [5.41, 5.74) is 9.24. The molecule has 1 atom stereocenters. The van der Waals surface area contributed by atoms with Crippen molar-refractivity contribution in [2.45, 2.75) is 50.2 Å². The highest BCUT2D eigenvalue weighted by Gasteiger charge is 2.57. The van der Waals surface area contributed by atoms with Crippen molar-refractivity contribution >= 4 is 11.6 Å². The molecule has 2 aliphatic heterocycles. The number of amides is 1. The molecule has 2 heterocycles. The topological polar surface area (TPSA) is 55.8 Å². The van der Waals surface area contributed by atoms with Gasteiger partial charge in [0.25, 0.3) is 5.91 Å². The largest absolute Gasteiger partial charge is 0.380 e. The van der Waals surface area contributed by atoms with Crippen LogP contribution >= 0.6 is 0 Å². The zero-order valence-corrected chi connectivity index (χ0v) is 17.5. The van der Waals surface area contributed by atoms with Crippen LogP contribution in [-0.2, 0) is 11.3 Å². The molecule has 2 aromatic rings. The Bertz CT molecular complexity index is 1000. The molecule has 2 aliphatic carbocycles. The number of likely N-dealkylation sites (tertiary alicyclic amines) is 1. The SMILES string of the molecule is CN1NCc2ccc(-c3ccc([C@@H]4CC45CCN(C(=O)C4(O)CC4)CC5)cc3)cc21. The Morgan fingerprint density at radius 3 is 2.43 bits per heavy atom. The van der Waals surface area contributed by atoms with Gasteiger partial charge in [0.1, 0.15) is 5.60 Å². The quantitative estimate of drug-likeness (QED) is 0.825. The number of nitrogens with one attached hydrogen (secondary N) is 1. The summed E-state index contributed by atoms with van der Waals surface area (Å²) in [4.78, 5) is 14.3. The number of nitrogens with zero attached hydrogens (tertiary/aromatic N) is 2. The van der Waals surface area contributed by atoms with Crippen molar-refractivity contribution < 1.29 is 9.90 Å². The second kappa shape index (κ2) is 6.32. The van der Waals surface area contributed by atoms with Gasteiger partial charge in [-0.25, -0.2) is 5.43 Å². The predicted molar refractivity (Wildman–Crippen MR) is 117 cm³/mol. The molecule has 0 radical (unpaired) electrons. The third-order valence-corrected chi connectivity index (χ3v) is 7.96. The van der Waals surface area contributed by atoms with E-state index in [9.17, 15) is 9.90 Å². The highest BCUT2D eigenvalue weighted by molar-refractivity contribution is 5.88. The molecule has 2 saturated carbocycles. The number of aliphatic hydroxyl groups is 1. The van der Waals surface area contributed by atoms with E-state index in [-0.39, 0.29) is 5.91 Å². The van der Waals surface area contributed by atoms with Crippen molar-refractivity contribution in [1.82, 2.24) is 10.3 Å². The Balaban J connectivity index is 1.13. The first-order valence-electron chi connectivity index (χ1n) is 11.2. The first kappa shape index (κ1) is 18.4. The van der Waals surface area contributed by atoms with Crippen LogP contribution in [0.2, 0.25) is 0 Å². The van der Waals surface area contributed by atoms with Crippen molar-refractivity contribution in [3.05, 3.63) is 53.6 Å². The lowest BCUT2D eigenvalue weighted by molar-refractivity contribution is -0.144. The molecular formula is C25H29N3O2. The molecule has 1 saturated heterocycles. The van der Waals surface area contributed by atoms with E-state index < -0.39 is 5.60 Å². The average molecular weight is 404 g/mol. The molecular weight excluding hydrogens is 374 g/mol. The summed E-state index contributed by atoms with van der Waals surface area (Å²) in [6.45, 7) is 2.50. The van der Waals surface area contributed by atoms with Gasteiger partial charge in [-0.2, -0.15) is 0 Å². The van der Waals surface area contributed by atoms with Gasteiger partial charge < -0.3 is 15.0 Å². The smallest absolute Gasteiger partial charge is 0.254 e. The van der Waals surface area contributed by atoms with Gasteiger partial charge in [0.15, 0.2) is 0 Å². The second-order valence-electron chi connectivity index (χ2n) is 9.80. The van der Waals surface area contributed by atoms with Gasteiger partial charge in [0.05, 0.1) is 5.69 Å². The fourth-order valence-corrected chi connectivity index (χ4v) is 5.56. The fraction of sp³-hybridized carbons (Fsp3) is 0.480. The van der Waals surface area contributed by atoms with Crippen LogP contribution in [-0.4, -0.2) is 41.7 Å². The monoisotopic (exact) mass is 403 g/mol. The summed E-state index contributed by atoms with van der Waals surface area (Å²) in [6, 6.07) is 15.8. The van der Waals surface area contributed by atoms with E-state index in [1.165, 1.54) is 34.4 Å². The molecule has 0 bridgehead atoms. The van der Waals surface area contributed by atoms with E-state index in [4.69, 9.17) is 0 Å². The second-order valence-corrected chi connectivity index (χ2v) is 9.80. The van der Waals surface area contributed by atoms with Gasteiger partial charge >= 0.3 is 0 Å². The van der Waals surface area contributed by atoms with E-state index in [1.54, 1.807) is 0 Å². The predicted octanol–water partition coefficient (Wildman–Crippen LogP) is 3.43. The minimum atomic E-state index is -1.02. The Morgan fingerprint density at radius 2 is 1.73 bits per heavy atom. The third kappa shape index (κ3) is 2.87. The maximum atomic E-state index is 12.4. The van der Waals surface area contributed by atoms with Gasteiger partial charge in [-0.1, -0.05) is 36.4 Å². The molecule has 6 rings (SSSR count). The zero-order chi connectivity index (χ0) is 20.5. The van der Waals surface area contributed by atoms with Crippen molar-refractivity contribution in [2.24, 2.45) is 5.41 Å². The lowest BCUT2D eigenvalue weighted by Crippen LogP contribution is -2.45. The summed E-state index contributed by atoms with van der Waals surface area (Å²) in [5, 5.41) is 12.2. The number of hydrazine groups is 1. The summed E-state index contributed by atoms with van der Waals surface area (Å²) >= 11 is 0. The van der Waals surface area contributed by atoms with E-state index >= 15 is 0 Å². The molecule has 2 aromatic carbocycles. The lowest BCUT2D eigenvalue weighted by Gasteiger charge is -2.34. The van der Waals surface area contributed by atoms with Crippen LogP contribution in [0.5, 0.6) is 0 Å². The Morgan fingerprint density at radius 1 is 1.03 bits per heavy atom. The zero-order valence-electron chi connectivity index (χ0n) is 17.5. The highest BCUT2D eigenvalue weighted by Crippen LogP contribution is 2.65. The molecule has 5 nitrogen and oxygen atoms in total. The van der Waals surface area contributed by atoms with Crippen molar-refractivity contribution in [3.8, 4) is 11.1 Å². The van der Waals surface area contributed by atoms with Crippen molar-refractivity contribution in [3.63, 3.8) is 0 Å². The van der Waals surface area contributed by atoms with Crippen molar-refractivity contribution in [2.75, 3.05) is 25.1 Å². The lowest BCUT2D eigenvalue weighted by atomic mass is 9.88. The van der Waals surface area contributed by atoms with Crippen LogP contribution in [0.25, 0.3) is 11.1 Å². The number of fused-ring (bicyclic) bond motifs is 1. The molecule has 1 spiro atoms. The van der Waals surface area contributed by atoms with Gasteiger partial charge in [-0.3, -0.25) is 4.79 Å². The third-order valence-electron chi connectivity index (χ3n) is 7.96. The molecule has 156 valence electrons. The first-order valence-corrected chi connectivity index (χ1v) is 11.2. The van der Waals surface area contributed by atoms with E-state index in [0.717, 1.165) is 32.5 Å². The average Bonchev–Trinajstić information content (AvgIpc) is 3.66. The van der Waals surface area contributed by atoms with E-state index in [0.29, 0.717) is 24.2 Å². The van der Waals surface area contributed by atoms with Gasteiger partial charge in [0.2, 0.25) is 0 Å². The Kier molecular flexibility index (Phi) is 3.87. The first-order chi connectivity index (χ1) is 14.5. The van der Waals surface area contributed by atoms with Crippen molar-refractivity contribution in [1.29, 1.82) is 0 Å². The van der Waals surface area contributed by atoms with Gasteiger partial charge in [-0.15, -0.1) is 0 Å². The minimum Gasteiger partial charge on any atom is -0.380 e. The highest BCUT2D eigenvalue weighted by atomic mass is 16.3. The molecule has 2 N–H and O–H groups in total. The van der Waals surface area contributed by atoms with E-state index in [1.807, 2.05) is 4.90 Å². The Hall–Kier alpha value is -2.37. The number of carbonyl (C=O) groups is 1.